The van der Waals surface area contributed by atoms with E-state index in [0.717, 1.165) is 11.1 Å². The number of carboxylic acids is 1. The van der Waals surface area contributed by atoms with Crippen LogP contribution < -0.4 is 5.32 Å². The first-order chi connectivity index (χ1) is 10.5. The summed E-state index contributed by atoms with van der Waals surface area (Å²) in [5.41, 5.74) is 2.03. The molecule has 1 heterocycles. The number of amides is 1. The average molecular weight is 338 g/mol. The number of aryl methyl sites for hydroxylation is 1. The minimum Gasteiger partial charge on any atom is -0.481 e. The van der Waals surface area contributed by atoms with E-state index in [1.807, 2.05) is 31.2 Å². The van der Waals surface area contributed by atoms with Crippen LogP contribution in [0.25, 0.3) is 0 Å². The maximum absolute atomic E-state index is 11.9. The highest BCUT2D eigenvalue weighted by Crippen LogP contribution is 2.21. The van der Waals surface area contributed by atoms with Crippen LogP contribution in [0.5, 0.6) is 0 Å². The number of nitrogens with one attached hydrogen (secondary N) is 1. The van der Waals surface area contributed by atoms with Gasteiger partial charge in [0.25, 0.3) is 5.91 Å². The smallest absolute Gasteiger partial charge is 0.308 e. The van der Waals surface area contributed by atoms with Crippen molar-refractivity contribution in [3.63, 3.8) is 0 Å². The van der Waals surface area contributed by atoms with E-state index in [1.54, 1.807) is 12.1 Å². The Balaban J connectivity index is 1.97. The lowest BCUT2D eigenvalue weighted by Crippen LogP contribution is -2.33. The second kappa shape index (κ2) is 7.42. The Morgan fingerprint density at radius 3 is 2.68 bits per heavy atom. The number of carboxylic acid groups (broad SMARTS) is 1. The van der Waals surface area contributed by atoms with Gasteiger partial charge in [-0.15, -0.1) is 11.3 Å². The second-order valence-corrected chi connectivity index (χ2v) is 6.76. The van der Waals surface area contributed by atoms with E-state index in [9.17, 15) is 14.7 Å². The molecule has 0 aliphatic heterocycles. The molecule has 1 aromatic heterocycles. The number of aliphatic carboxylic acids is 1. The maximum atomic E-state index is 11.9. The SMILES string of the molecule is Cc1cccc(CC(CNC(=O)c2ccc(Cl)s2)C(=O)O)c1. The predicted molar refractivity (Wildman–Crippen MR) is 87.7 cm³/mol. The second-order valence-electron chi connectivity index (χ2n) is 5.04. The summed E-state index contributed by atoms with van der Waals surface area (Å²) in [6, 6.07) is 11.0. The van der Waals surface area contributed by atoms with Crippen LogP contribution in [0.4, 0.5) is 0 Å². The lowest BCUT2D eigenvalue weighted by Gasteiger charge is -2.13. The van der Waals surface area contributed by atoms with Gasteiger partial charge in [0.2, 0.25) is 0 Å². The molecule has 1 unspecified atom stereocenters. The number of rotatable bonds is 6. The molecular weight excluding hydrogens is 322 g/mol. The summed E-state index contributed by atoms with van der Waals surface area (Å²) in [6.07, 6.45) is 0.377. The molecule has 0 aliphatic rings. The lowest BCUT2D eigenvalue weighted by molar-refractivity contribution is -0.141. The first-order valence-electron chi connectivity index (χ1n) is 6.77. The molecule has 0 saturated heterocycles. The summed E-state index contributed by atoms with van der Waals surface area (Å²) in [4.78, 5) is 23.8. The summed E-state index contributed by atoms with van der Waals surface area (Å²) in [7, 11) is 0. The van der Waals surface area contributed by atoms with Crippen LogP contribution in [-0.2, 0) is 11.2 Å². The zero-order chi connectivity index (χ0) is 16.1. The van der Waals surface area contributed by atoms with Gasteiger partial charge in [-0.1, -0.05) is 41.4 Å². The monoisotopic (exact) mass is 337 g/mol. The maximum Gasteiger partial charge on any atom is 0.308 e. The lowest BCUT2D eigenvalue weighted by atomic mass is 9.98. The number of thiophene rings is 1. The minimum absolute atomic E-state index is 0.0810. The summed E-state index contributed by atoms with van der Waals surface area (Å²) < 4.78 is 0.527. The Labute approximate surface area is 137 Å². The molecule has 1 aromatic carbocycles. The summed E-state index contributed by atoms with van der Waals surface area (Å²) >= 11 is 6.95. The molecule has 4 nitrogen and oxygen atoms in total. The van der Waals surface area contributed by atoms with Crippen molar-refractivity contribution >= 4 is 34.8 Å². The third-order valence-electron chi connectivity index (χ3n) is 3.22. The fraction of sp³-hybridized carbons (Fsp3) is 0.250. The van der Waals surface area contributed by atoms with Crippen molar-refractivity contribution < 1.29 is 14.7 Å². The molecule has 1 amide bonds. The van der Waals surface area contributed by atoms with E-state index >= 15 is 0 Å². The molecular formula is C16H16ClNO3S. The number of hydrogen-bond donors (Lipinski definition) is 2. The number of carbonyl (C=O) groups is 2. The molecule has 116 valence electrons. The first-order valence-corrected chi connectivity index (χ1v) is 7.97. The topological polar surface area (TPSA) is 66.4 Å². The van der Waals surface area contributed by atoms with Crippen LogP contribution in [-0.4, -0.2) is 23.5 Å². The summed E-state index contributed by atoms with van der Waals surface area (Å²) in [6.45, 7) is 2.04. The molecule has 0 spiro atoms. The number of benzene rings is 1. The Morgan fingerprint density at radius 2 is 2.09 bits per heavy atom. The molecule has 0 fully saturated rings. The van der Waals surface area contributed by atoms with Gasteiger partial charge in [0.15, 0.2) is 0 Å². The van der Waals surface area contributed by atoms with Crippen molar-refractivity contribution in [3.05, 3.63) is 56.7 Å². The predicted octanol–water partition coefficient (Wildman–Crippen LogP) is 3.38. The quantitative estimate of drug-likeness (QED) is 0.849. The molecule has 6 heteroatoms. The fourth-order valence-corrected chi connectivity index (χ4v) is 3.07. The number of hydrogen-bond acceptors (Lipinski definition) is 3. The van der Waals surface area contributed by atoms with Gasteiger partial charge in [-0.3, -0.25) is 9.59 Å². The summed E-state index contributed by atoms with van der Waals surface area (Å²) in [5.74, 6) is -1.89. The van der Waals surface area contributed by atoms with Gasteiger partial charge in [-0.05, 0) is 31.0 Å². The van der Waals surface area contributed by atoms with E-state index in [2.05, 4.69) is 5.32 Å². The standard InChI is InChI=1S/C16H16ClNO3S/c1-10-3-2-4-11(7-10)8-12(16(20)21)9-18-15(19)13-5-6-14(17)22-13/h2-7,12H,8-9H2,1H3,(H,18,19)(H,20,21). The van der Waals surface area contributed by atoms with Gasteiger partial charge in [-0.2, -0.15) is 0 Å². The van der Waals surface area contributed by atoms with Crippen LogP contribution in [0.3, 0.4) is 0 Å². The fourth-order valence-electron chi connectivity index (χ4n) is 2.11. The molecule has 0 saturated carbocycles. The highest BCUT2D eigenvalue weighted by Gasteiger charge is 2.20. The molecule has 2 rings (SSSR count). The Kier molecular flexibility index (Phi) is 5.57. The van der Waals surface area contributed by atoms with Crippen LogP contribution in [0, 0.1) is 12.8 Å². The highest BCUT2D eigenvalue weighted by atomic mass is 35.5. The van der Waals surface area contributed by atoms with E-state index in [0.29, 0.717) is 15.6 Å². The molecule has 1 atom stereocenters. The molecule has 0 radical (unpaired) electrons. The highest BCUT2D eigenvalue weighted by molar-refractivity contribution is 7.17. The Bertz CT molecular complexity index is 684. The Hall–Kier alpha value is -1.85. The van der Waals surface area contributed by atoms with Crippen LogP contribution in [0.15, 0.2) is 36.4 Å². The Morgan fingerprint density at radius 1 is 1.32 bits per heavy atom. The molecule has 2 N–H and O–H groups in total. The number of carbonyl (C=O) groups excluding carboxylic acids is 1. The van der Waals surface area contributed by atoms with Crippen molar-refractivity contribution in [1.29, 1.82) is 0 Å². The third-order valence-corrected chi connectivity index (χ3v) is 4.45. The van der Waals surface area contributed by atoms with Gasteiger partial charge in [-0.25, -0.2) is 0 Å². The van der Waals surface area contributed by atoms with Gasteiger partial charge in [0.05, 0.1) is 15.1 Å². The largest absolute Gasteiger partial charge is 0.481 e. The van der Waals surface area contributed by atoms with Crippen molar-refractivity contribution in [2.24, 2.45) is 5.92 Å². The van der Waals surface area contributed by atoms with E-state index in [-0.39, 0.29) is 12.5 Å². The minimum atomic E-state index is -0.925. The first kappa shape index (κ1) is 16.5. The van der Waals surface area contributed by atoms with Gasteiger partial charge < -0.3 is 10.4 Å². The number of halogens is 1. The molecule has 0 aliphatic carbocycles. The molecule has 22 heavy (non-hydrogen) atoms. The van der Waals surface area contributed by atoms with E-state index in [1.165, 1.54) is 11.3 Å². The van der Waals surface area contributed by atoms with Crippen LogP contribution in [0.1, 0.15) is 20.8 Å². The average Bonchev–Trinajstić information content (AvgIpc) is 2.89. The van der Waals surface area contributed by atoms with Crippen molar-refractivity contribution in [2.45, 2.75) is 13.3 Å². The van der Waals surface area contributed by atoms with Crippen LogP contribution >= 0.6 is 22.9 Å². The van der Waals surface area contributed by atoms with Gasteiger partial charge in [0.1, 0.15) is 0 Å². The zero-order valence-corrected chi connectivity index (χ0v) is 13.6. The summed E-state index contributed by atoms with van der Waals surface area (Å²) in [5, 5.41) is 12.0. The van der Waals surface area contributed by atoms with Crippen molar-refractivity contribution in [2.75, 3.05) is 6.54 Å². The van der Waals surface area contributed by atoms with Gasteiger partial charge >= 0.3 is 5.97 Å². The van der Waals surface area contributed by atoms with Crippen LogP contribution in [0.2, 0.25) is 4.34 Å². The van der Waals surface area contributed by atoms with Crippen molar-refractivity contribution in [1.82, 2.24) is 5.32 Å². The zero-order valence-electron chi connectivity index (χ0n) is 12.0. The normalized spacial score (nSPS) is 11.9. The van der Waals surface area contributed by atoms with E-state index < -0.39 is 11.9 Å². The van der Waals surface area contributed by atoms with E-state index in [4.69, 9.17) is 11.6 Å². The molecule has 2 aromatic rings. The molecule has 0 bridgehead atoms. The van der Waals surface area contributed by atoms with Crippen molar-refractivity contribution in [3.8, 4) is 0 Å². The van der Waals surface area contributed by atoms with Gasteiger partial charge in [0, 0.05) is 6.54 Å². The third kappa shape index (κ3) is 4.58.